The molecule has 0 bridgehead atoms. The predicted octanol–water partition coefficient (Wildman–Crippen LogP) is 5.94. The molecule has 0 aromatic heterocycles. The van der Waals surface area contributed by atoms with Gasteiger partial charge in [0.2, 0.25) is 0 Å². The van der Waals surface area contributed by atoms with Gasteiger partial charge in [0.05, 0.1) is 0 Å². The molecule has 2 aromatic carbocycles. The van der Waals surface area contributed by atoms with Crippen molar-refractivity contribution in [2.24, 2.45) is 0 Å². The Hall–Kier alpha value is -3.08. The number of nitrogens with two attached hydrogens (primary N) is 2. The Labute approximate surface area is 217 Å². The third-order valence-electron chi connectivity index (χ3n) is 5.97. The molecule has 0 aliphatic carbocycles. The molecule has 0 heterocycles. The number of fused-ring (bicyclic) bond motifs is 1. The second kappa shape index (κ2) is 9.21. The van der Waals surface area contributed by atoms with Crippen molar-refractivity contribution in [3.63, 3.8) is 0 Å². The van der Waals surface area contributed by atoms with Gasteiger partial charge in [-0.3, -0.25) is 0 Å². The molecule has 0 amide bonds. The number of hydrogen-bond donors (Lipinski definition) is 5. The lowest BCUT2D eigenvalue weighted by Gasteiger charge is -2.39. The third kappa shape index (κ3) is 4.59. The van der Waals surface area contributed by atoms with Crippen LogP contribution in [-0.2, 0) is 16.8 Å². The van der Waals surface area contributed by atoms with Crippen LogP contribution in [-0.4, -0.2) is 52.4 Å². The fourth-order valence-corrected chi connectivity index (χ4v) is 3.95. The van der Waals surface area contributed by atoms with E-state index in [1.165, 1.54) is 0 Å². The summed E-state index contributed by atoms with van der Waals surface area (Å²) in [5.41, 5.74) is -25.4. The second-order valence-corrected chi connectivity index (χ2v) is 8.46. The minimum Gasteiger partial charge on any atom is -0.398 e. The Bertz CT molecular complexity index is 1320. The van der Waals surface area contributed by atoms with Crippen LogP contribution in [0.4, 0.5) is 90.4 Å². The summed E-state index contributed by atoms with van der Waals surface area (Å²) in [5, 5.41) is 24.0. The predicted molar refractivity (Wildman–Crippen MR) is 101 cm³/mol. The number of hydrogen-bond acceptors (Lipinski definition) is 5. The van der Waals surface area contributed by atoms with Gasteiger partial charge in [0.1, 0.15) is 0 Å². The third-order valence-corrected chi connectivity index (χ3v) is 5.97. The van der Waals surface area contributed by atoms with Gasteiger partial charge in [0, 0.05) is 28.1 Å². The smallest absolute Gasteiger partial charge is 0.398 e. The van der Waals surface area contributed by atoms with Crippen LogP contribution in [0.25, 0.3) is 10.8 Å². The summed E-state index contributed by atoms with van der Waals surface area (Å²) in [6.07, 6.45) is -43.4. The van der Waals surface area contributed by atoms with Crippen LogP contribution in [0.3, 0.4) is 0 Å². The van der Waals surface area contributed by atoms with Gasteiger partial charge in [0.15, 0.2) is 0 Å². The monoisotopic (exact) mass is 656 g/mol. The molecule has 0 unspecified atom stereocenters. The Morgan fingerprint density at radius 2 is 0.738 bits per heavy atom. The van der Waals surface area contributed by atoms with E-state index in [0.29, 0.717) is 0 Å². The molecule has 2 rings (SSSR count). The largest absolute Gasteiger partial charge is 0.430 e. The first kappa shape index (κ1) is 35.1. The minimum absolute atomic E-state index is 0.352. The zero-order valence-corrected chi connectivity index (χ0v) is 19.0. The zero-order chi connectivity index (χ0) is 33.7. The van der Waals surface area contributed by atoms with Crippen LogP contribution in [0.5, 0.6) is 0 Å². The van der Waals surface area contributed by atoms with Gasteiger partial charge in [-0.2, -0.15) is 79.0 Å². The Kier molecular flexibility index (Phi) is 7.70. The highest BCUT2D eigenvalue weighted by Crippen LogP contribution is 2.60. The second-order valence-electron chi connectivity index (χ2n) is 8.46. The first-order chi connectivity index (χ1) is 18.2. The van der Waals surface area contributed by atoms with Crippen LogP contribution in [0.2, 0.25) is 0 Å². The minimum atomic E-state index is -7.29. The van der Waals surface area contributed by atoms with Crippen molar-refractivity contribution in [3.05, 3.63) is 34.9 Å². The van der Waals surface area contributed by atoms with Gasteiger partial charge < -0.3 is 26.8 Å². The fourth-order valence-electron chi connectivity index (χ4n) is 3.95. The number of anilines is 2. The lowest BCUT2D eigenvalue weighted by atomic mass is 9.77. The molecule has 0 spiro atoms. The van der Waals surface area contributed by atoms with Gasteiger partial charge in [-0.15, -0.1) is 0 Å². The first-order valence-electron chi connectivity index (χ1n) is 9.89. The lowest BCUT2D eigenvalue weighted by Crippen LogP contribution is -2.57. The molecule has 0 radical (unpaired) electrons. The fraction of sp³-hybridized carbons (Fsp3) is 0.474. The molecule has 0 saturated carbocycles. The van der Waals surface area contributed by atoms with Gasteiger partial charge in [-0.25, -0.2) is 0 Å². The molecule has 0 aliphatic heterocycles. The Morgan fingerprint density at radius 1 is 0.429 bits per heavy atom. The van der Waals surface area contributed by atoms with Crippen molar-refractivity contribution >= 4 is 22.1 Å². The number of halogens is 18. The van der Waals surface area contributed by atoms with Crippen LogP contribution in [0.1, 0.15) is 16.7 Å². The van der Waals surface area contributed by atoms with Crippen molar-refractivity contribution in [1.29, 1.82) is 0 Å². The molecular weight excluding hydrogens is 646 g/mol. The van der Waals surface area contributed by atoms with Crippen molar-refractivity contribution < 1.29 is 94.3 Å². The molecule has 0 atom stereocenters. The summed E-state index contributed by atoms with van der Waals surface area (Å²) in [6, 6.07) is -1.95. The number of alkyl halides is 18. The number of aliphatic hydroxyl groups is 3. The lowest BCUT2D eigenvalue weighted by molar-refractivity contribution is -0.378. The van der Waals surface area contributed by atoms with Crippen LogP contribution in [0.15, 0.2) is 18.2 Å². The quantitative estimate of drug-likeness (QED) is 0.208. The van der Waals surface area contributed by atoms with Crippen LogP contribution >= 0.6 is 0 Å². The van der Waals surface area contributed by atoms with E-state index in [1.54, 1.807) is 0 Å². The highest BCUT2D eigenvalue weighted by Gasteiger charge is 2.76. The Morgan fingerprint density at radius 3 is 1.05 bits per heavy atom. The maximum Gasteiger partial charge on any atom is 0.430 e. The molecule has 2 aromatic rings. The zero-order valence-electron chi connectivity index (χ0n) is 19.0. The van der Waals surface area contributed by atoms with Crippen molar-refractivity contribution in [2.45, 2.75) is 53.9 Å². The summed E-state index contributed by atoms with van der Waals surface area (Å²) in [6.45, 7) is 0. The molecular formula is C19H10F18N2O3. The summed E-state index contributed by atoms with van der Waals surface area (Å²) in [5.74, 6) is 0. The van der Waals surface area contributed by atoms with E-state index in [1.807, 2.05) is 0 Å². The van der Waals surface area contributed by atoms with E-state index in [4.69, 9.17) is 11.5 Å². The molecule has 0 saturated heterocycles. The number of rotatable bonds is 3. The molecule has 23 heteroatoms. The SMILES string of the molecule is Nc1ccc2c(C(O)(C(F)(F)F)C(F)(F)F)c(N)c(C(O)(C(F)(F)F)C(F)(F)F)cc2c1C(O)(C(F)(F)F)C(F)(F)F. The van der Waals surface area contributed by atoms with E-state index in [9.17, 15) is 94.3 Å². The van der Waals surface area contributed by atoms with Crippen LogP contribution < -0.4 is 11.5 Å². The summed E-state index contributed by atoms with van der Waals surface area (Å²) >= 11 is 0. The van der Waals surface area contributed by atoms with Gasteiger partial charge >= 0.3 is 37.1 Å². The molecule has 7 N–H and O–H groups in total. The van der Waals surface area contributed by atoms with Gasteiger partial charge in [-0.1, -0.05) is 6.07 Å². The summed E-state index contributed by atoms with van der Waals surface area (Å²) in [4.78, 5) is 0. The highest BCUT2D eigenvalue weighted by molar-refractivity contribution is 5.98. The van der Waals surface area contributed by atoms with E-state index in [2.05, 4.69) is 0 Å². The normalized spacial score (nSPS) is 15.5. The topological polar surface area (TPSA) is 113 Å². The van der Waals surface area contributed by atoms with Crippen molar-refractivity contribution in [3.8, 4) is 0 Å². The molecule has 0 aliphatic rings. The van der Waals surface area contributed by atoms with Gasteiger partial charge in [0.25, 0.3) is 16.8 Å². The van der Waals surface area contributed by atoms with Crippen molar-refractivity contribution in [2.75, 3.05) is 11.5 Å². The first-order valence-corrected chi connectivity index (χ1v) is 9.89. The molecule has 42 heavy (non-hydrogen) atoms. The maximum absolute atomic E-state index is 13.7. The van der Waals surface area contributed by atoms with E-state index < -0.39 is 98.8 Å². The maximum atomic E-state index is 13.7. The molecule has 0 fully saturated rings. The number of benzene rings is 2. The highest BCUT2D eigenvalue weighted by atomic mass is 19.4. The molecule has 240 valence electrons. The van der Waals surface area contributed by atoms with Gasteiger partial charge in [-0.05, 0) is 22.9 Å². The number of nitrogen functional groups attached to an aromatic ring is 2. The van der Waals surface area contributed by atoms with E-state index in [0.717, 1.165) is 0 Å². The van der Waals surface area contributed by atoms with Crippen molar-refractivity contribution in [1.82, 2.24) is 0 Å². The average Bonchev–Trinajstić information content (AvgIpc) is 2.72. The Balaban J connectivity index is 3.64. The average molecular weight is 656 g/mol. The van der Waals surface area contributed by atoms with Crippen LogP contribution in [0, 0.1) is 0 Å². The summed E-state index contributed by atoms with van der Waals surface area (Å²) in [7, 11) is 0. The summed E-state index contributed by atoms with van der Waals surface area (Å²) < 4.78 is 246. The standard InChI is InChI=1S/C19H10F18N2O3/c20-14(21,22)11(40,15(23,24)25)6-3-5-4(9(10(6)39)13(42,18(32,33)34)19(35,36)37)1-2-7(38)8(5)12(41,16(26,27)28)17(29,30)31/h1-3,40-42H,38-39H2. The molecule has 5 nitrogen and oxygen atoms in total. The van der Waals surface area contributed by atoms with E-state index in [-0.39, 0.29) is 12.1 Å². The van der Waals surface area contributed by atoms with E-state index >= 15 is 0 Å².